The largest absolute Gasteiger partial charge is 0.522 e. The van der Waals surface area contributed by atoms with Gasteiger partial charge in [0.2, 0.25) is 0 Å². The van der Waals surface area contributed by atoms with E-state index in [4.69, 9.17) is 0 Å². The normalized spacial score (nSPS) is 16.6. The van der Waals surface area contributed by atoms with Crippen LogP contribution in [-0.2, 0) is 15.5 Å². The van der Waals surface area contributed by atoms with E-state index in [1.165, 1.54) is 0 Å². The molecule has 2 atom stereocenters. The smallest absolute Gasteiger partial charge is 0.313 e. The molecule has 0 spiro atoms. The lowest BCUT2D eigenvalue weighted by molar-refractivity contribution is -0.323. The van der Waals surface area contributed by atoms with Crippen LogP contribution in [0.2, 0.25) is 0 Å². The van der Waals surface area contributed by atoms with Crippen LogP contribution in [0.1, 0.15) is 6.92 Å². The molecule has 0 aromatic rings. The van der Waals surface area contributed by atoms with Crippen molar-refractivity contribution in [2.75, 3.05) is 26.0 Å². The highest BCUT2D eigenvalue weighted by Gasteiger charge is 2.28. The zero-order valence-electron chi connectivity index (χ0n) is 8.06. The van der Waals surface area contributed by atoms with Gasteiger partial charge in [-0.05, 0) is 6.92 Å². The lowest BCUT2D eigenvalue weighted by Crippen LogP contribution is -2.31. The third kappa shape index (κ3) is 8.46. The summed E-state index contributed by atoms with van der Waals surface area (Å²) in [5.74, 6) is 0. The van der Waals surface area contributed by atoms with Gasteiger partial charge in [0.1, 0.15) is 0 Å². The Labute approximate surface area is 83.5 Å². The average molecular weight is 233 g/mol. The number of hydrogen-bond acceptors (Lipinski definition) is 3. The Morgan fingerprint density at radius 3 is 2.50 bits per heavy atom. The van der Waals surface area contributed by atoms with E-state index < -0.39 is 23.8 Å². The predicted molar refractivity (Wildman–Crippen MR) is 48.4 cm³/mol. The van der Waals surface area contributed by atoms with E-state index >= 15 is 0 Å². The van der Waals surface area contributed by atoms with Crippen LogP contribution in [0.4, 0.5) is 13.2 Å². The van der Waals surface area contributed by atoms with Crippen LogP contribution in [0.5, 0.6) is 0 Å². The molecule has 14 heavy (non-hydrogen) atoms. The van der Waals surface area contributed by atoms with Gasteiger partial charge in [-0.3, -0.25) is 8.95 Å². The number of halogens is 3. The molecule has 0 fully saturated rings. The van der Waals surface area contributed by atoms with Crippen molar-refractivity contribution in [3.05, 3.63) is 0 Å². The van der Waals surface area contributed by atoms with Crippen molar-refractivity contribution >= 4 is 10.8 Å². The van der Waals surface area contributed by atoms with E-state index in [1.807, 2.05) is 0 Å². The maximum absolute atomic E-state index is 11.5. The number of nitrogens with one attached hydrogen (secondary N) is 1. The molecule has 0 aromatic carbocycles. The first-order chi connectivity index (χ1) is 6.33. The molecule has 0 aliphatic carbocycles. The van der Waals surface area contributed by atoms with Gasteiger partial charge in [0, 0.05) is 35.4 Å². The summed E-state index contributed by atoms with van der Waals surface area (Å²) in [5, 5.41) is 2.65. The Bertz CT molecular complexity index is 186. The van der Waals surface area contributed by atoms with Crippen molar-refractivity contribution in [1.82, 2.24) is 5.32 Å². The molecular formula is C7H14F3NO2S. The number of ether oxygens (including phenoxy) is 1. The van der Waals surface area contributed by atoms with E-state index in [-0.39, 0.29) is 11.8 Å². The zero-order chi connectivity index (χ0) is 11.2. The van der Waals surface area contributed by atoms with Crippen molar-refractivity contribution < 1.29 is 22.1 Å². The molecule has 86 valence electrons. The Morgan fingerprint density at radius 1 is 1.50 bits per heavy atom. The minimum atomic E-state index is -4.57. The zero-order valence-corrected chi connectivity index (χ0v) is 8.87. The van der Waals surface area contributed by atoms with Gasteiger partial charge in [-0.2, -0.15) is 0 Å². The van der Waals surface area contributed by atoms with Gasteiger partial charge in [0.25, 0.3) is 0 Å². The highest BCUT2D eigenvalue weighted by atomic mass is 32.2. The molecule has 0 rings (SSSR count). The first kappa shape index (κ1) is 13.9. The molecule has 0 bridgehead atoms. The van der Waals surface area contributed by atoms with Crippen LogP contribution in [0.15, 0.2) is 0 Å². The lowest BCUT2D eigenvalue weighted by atomic mass is 10.4. The average Bonchev–Trinajstić information content (AvgIpc) is 2.01. The Kier molecular flexibility index (Phi) is 6.30. The topological polar surface area (TPSA) is 38.3 Å². The summed E-state index contributed by atoms with van der Waals surface area (Å²) < 4.78 is 48.8. The Hall–Kier alpha value is -0.140. The highest BCUT2D eigenvalue weighted by molar-refractivity contribution is 7.84. The first-order valence-corrected chi connectivity index (χ1v) is 5.68. The van der Waals surface area contributed by atoms with Crippen LogP contribution in [-0.4, -0.2) is 41.8 Å². The van der Waals surface area contributed by atoms with Crippen molar-refractivity contribution in [2.45, 2.75) is 18.5 Å². The number of rotatable bonds is 6. The first-order valence-electron chi connectivity index (χ1n) is 4.06. The molecule has 0 amide bonds. The van der Waals surface area contributed by atoms with Gasteiger partial charge in [0.05, 0.1) is 6.61 Å². The second-order valence-electron chi connectivity index (χ2n) is 2.81. The molecule has 0 saturated carbocycles. The Morgan fingerprint density at radius 2 is 2.07 bits per heavy atom. The van der Waals surface area contributed by atoms with E-state index in [0.29, 0.717) is 6.54 Å². The van der Waals surface area contributed by atoms with Crippen molar-refractivity contribution in [1.29, 1.82) is 0 Å². The maximum atomic E-state index is 11.5. The summed E-state index contributed by atoms with van der Waals surface area (Å²) in [6.45, 7) is 1.85. The van der Waals surface area contributed by atoms with Crippen LogP contribution in [0.3, 0.4) is 0 Å². The quantitative estimate of drug-likeness (QED) is 0.692. The van der Waals surface area contributed by atoms with Gasteiger partial charge >= 0.3 is 6.36 Å². The van der Waals surface area contributed by atoms with Crippen LogP contribution >= 0.6 is 0 Å². The van der Waals surface area contributed by atoms with Gasteiger partial charge in [-0.25, -0.2) is 0 Å². The molecule has 2 unspecified atom stereocenters. The fraction of sp³-hybridized carbons (Fsp3) is 1.00. The van der Waals surface area contributed by atoms with Gasteiger partial charge < -0.3 is 5.32 Å². The fourth-order valence-corrected chi connectivity index (χ4v) is 1.01. The van der Waals surface area contributed by atoms with E-state index in [2.05, 4.69) is 10.1 Å². The molecule has 0 aliphatic rings. The molecule has 0 heterocycles. The third-order valence-corrected chi connectivity index (χ3v) is 2.84. The summed E-state index contributed by atoms with van der Waals surface area (Å²) in [6.07, 6.45) is -3.01. The van der Waals surface area contributed by atoms with Crippen molar-refractivity contribution in [3.63, 3.8) is 0 Å². The molecule has 3 nitrogen and oxygen atoms in total. The second kappa shape index (κ2) is 6.36. The fourth-order valence-electron chi connectivity index (χ4n) is 0.662. The minimum Gasteiger partial charge on any atom is -0.313 e. The molecule has 7 heteroatoms. The van der Waals surface area contributed by atoms with Crippen LogP contribution in [0, 0.1) is 0 Å². The van der Waals surface area contributed by atoms with Gasteiger partial charge in [-0.1, -0.05) is 0 Å². The van der Waals surface area contributed by atoms with Crippen LogP contribution < -0.4 is 5.32 Å². The van der Waals surface area contributed by atoms with E-state index in [1.54, 1.807) is 13.2 Å². The number of alkyl halides is 3. The number of hydrogen-bond donors (Lipinski definition) is 1. The summed E-state index contributed by atoms with van der Waals surface area (Å²) in [4.78, 5) is 0. The standard InChI is InChI=1S/C7H14F3NO2S/c1-6(14(2)12)5-11-3-4-13-7(8,9)10/h6,11H,3-5H2,1-2H3. The van der Waals surface area contributed by atoms with Crippen LogP contribution in [0.25, 0.3) is 0 Å². The van der Waals surface area contributed by atoms with E-state index in [0.717, 1.165) is 0 Å². The van der Waals surface area contributed by atoms with E-state index in [9.17, 15) is 17.4 Å². The van der Waals surface area contributed by atoms with Gasteiger partial charge in [0.15, 0.2) is 0 Å². The van der Waals surface area contributed by atoms with Crippen molar-refractivity contribution in [2.24, 2.45) is 0 Å². The second-order valence-corrected chi connectivity index (χ2v) is 4.61. The van der Waals surface area contributed by atoms with Crippen molar-refractivity contribution in [3.8, 4) is 0 Å². The minimum absolute atomic E-state index is 0.0686. The molecule has 0 aliphatic heterocycles. The summed E-state index contributed by atoms with van der Waals surface area (Å²) in [6, 6.07) is 0. The third-order valence-electron chi connectivity index (χ3n) is 1.54. The predicted octanol–water partition coefficient (Wildman–Crippen LogP) is 0.879. The monoisotopic (exact) mass is 233 g/mol. The molecule has 0 saturated heterocycles. The summed E-state index contributed by atoms with van der Waals surface area (Å²) >= 11 is 0. The lowest BCUT2D eigenvalue weighted by Gasteiger charge is -2.10. The Balaban J connectivity index is 3.35. The summed E-state index contributed by atoms with van der Waals surface area (Å²) in [7, 11) is -0.958. The van der Waals surface area contributed by atoms with Gasteiger partial charge in [-0.15, -0.1) is 13.2 Å². The molecule has 0 aromatic heterocycles. The molecular weight excluding hydrogens is 219 g/mol. The highest BCUT2D eigenvalue weighted by Crippen LogP contribution is 2.14. The maximum Gasteiger partial charge on any atom is 0.522 e. The SMILES string of the molecule is CC(CNCCOC(F)(F)F)S(C)=O. The summed E-state index contributed by atoms with van der Waals surface area (Å²) in [5.41, 5.74) is 0. The molecule has 1 N–H and O–H groups in total. The molecule has 0 radical (unpaired) electrons.